The standard InChI is InChI=1S/C12H26N2O5/c1-5-13(15,16)9-7-11(3)19-12(4)8-10-14(17,18)6-2/h15-18H,3-10H2,1-2H3/q+2. The summed E-state index contributed by atoms with van der Waals surface area (Å²) in [5.41, 5.74) is 0. The molecule has 0 aromatic carbocycles. The van der Waals surface area contributed by atoms with Crippen molar-refractivity contribution in [3.63, 3.8) is 0 Å². The number of quaternary nitrogens is 2. The Morgan fingerprint density at radius 1 is 0.842 bits per heavy atom. The van der Waals surface area contributed by atoms with Crippen molar-refractivity contribution in [1.82, 2.24) is 0 Å². The lowest BCUT2D eigenvalue weighted by Gasteiger charge is -2.21. The highest BCUT2D eigenvalue weighted by Crippen LogP contribution is 2.13. The van der Waals surface area contributed by atoms with Gasteiger partial charge in [-0.25, -0.2) is 0 Å². The molecule has 0 fully saturated rings. The maximum atomic E-state index is 9.35. The number of hydrogen-bond donors (Lipinski definition) is 4. The minimum Gasteiger partial charge on any atom is -0.467 e. The van der Waals surface area contributed by atoms with Crippen LogP contribution in [0.5, 0.6) is 0 Å². The van der Waals surface area contributed by atoms with E-state index in [1.807, 2.05) is 0 Å². The third-order valence-corrected chi connectivity index (χ3v) is 2.80. The number of ether oxygens (including phenoxy) is 1. The van der Waals surface area contributed by atoms with Crippen molar-refractivity contribution in [1.29, 1.82) is 0 Å². The van der Waals surface area contributed by atoms with E-state index in [-0.39, 0.29) is 39.0 Å². The summed E-state index contributed by atoms with van der Waals surface area (Å²) >= 11 is 0. The molecule has 0 unspecified atom stereocenters. The molecule has 0 aliphatic heterocycles. The molecule has 0 aromatic rings. The summed E-state index contributed by atoms with van der Waals surface area (Å²) in [6.07, 6.45) is 0.539. The van der Waals surface area contributed by atoms with E-state index >= 15 is 0 Å². The van der Waals surface area contributed by atoms with Gasteiger partial charge in [0.1, 0.15) is 37.7 Å². The molecular weight excluding hydrogens is 252 g/mol. The molecule has 0 spiro atoms. The quantitative estimate of drug-likeness (QED) is 0.279. The van der Waals surface area contributed by atoms with Gasteiger partial charge >= 0.3 is 0 Å². The van der Waals surface area contributed by atoms with Crippen LogP contribution in [0, 0.1) is 0 Å². The van der Waals surface area contributed by atoms with Gasteiger partial charge in [0, 0.05) is 0 Å². The van der Waals surface area contributed by atoms with Gasteiger partial charge < -0.3 is 4.74 Å². The van der Waals surface area contributed by atoms with Crippen molar-refractivity contribution >= 4 is 0 Å². The van der Waals surface area contributed by atoms with Crippen LogP contribution in [-0.2, 0) is 4.74 Å². The van der Waals surface area contributed by atoms with Crippen molar-refractivity contribution in [2.75, 3.05) is 26.2 Å². The summed E-state index contributed by atoms with van der Waals surface area (Å²) in [6, 6.07) is 0. The molecule has 0 rings (SSSR count). The second-order valence-electron chi connectivity index (χ2n) is 4.52. The highest BCUT2D eigenvalue weighted by atomic mass is 16.8. The van der Waals surface area contributed by atoms with E-state index in [0.717, 1.165) is 0 Å². The molecule has 0 aromatic heterocycles. The molecule has 19 heavy (non-hydrogen) atoms. The van der Waals surface area contributed by atoms with Crippen LogP contribution in [0.1, 0.15) is 26.7 Å². The largest absolute Gasteiger partial charge is 0.467 e. The molecule has 7 nitrogen and oxygen atoms in total. The van der Waals surface area contributed by atoms with Crippen LogP contribution in [0.15, 0.2) is 24.7 Å². The van der Waals surface area contributed by atoms with Crippen molar-refractivity contribution in [2.24, 2.45) is 0 Å². The van der Waals surface area contributed by atoms with Crippen LogP contribution in [0.25, 0.3) is 0 Å². The fraction of sp³-hybridized carbons (Fsp3) is 0.667. The molecule has 7 heteroatoms. The van der Waals surface area contributed by atoms with Crippen LogP contribution in [0.4, 0.5) is 0 Å². The highest BCUT2D eigenvalue weighted by molar-refractivity contribution is 4.93. The van der Waals surface area contributed by atoms with E-state index in [2.05, 4.69) is 13.2 Å². The van der Waals surface area contributed by atoms with E-state index < -0.39 is 9.62 Å². The Morgan fingerprint density at radius 3 is 1.42 bits per heavy atom. The third kappa shape index (κ3) is 8.71. The molecule has 112 valence electrons. The topological polar surface area (TPSA) is 90.2 Å². The predicted molar refractivity (Wildman–Crippen MR) is 67.1 cm³/mol. The Hall–Kier alpha value is -0.960. The zero-order chi connectivity index (χ0) is 15.1. The fourth-order valence-corrected chi connectivity index (χ4v) is 1.23. The minimum atomic E-state index is -1.09. The van der Waals surface area contributed by atoms with E-state index in [9.17, 15) is 20.8 Å². The van der Waals surface area contributed by atoms with Gasteiger partial charge in [-0.2, -0.15) is 20.8 Å². The molecule has 0 amide bonds. The molecule has 0 radical (unpaired) electrons. The molecule has 0 heterocycles. The van der Waals surface area contributed by atoms with Gasteiger partial charge in [-0.3, -0.25) is 0 Å². The molecule has 0 saturated carbocycles. The molecule has 4 N–H and O–H groups in total. The Kier molecular flexibility index (Phi) is 7.20. The Labute approximate surface area is 113 Å². The maximum absolute atomic E-state index is 9.35. The average Bonchev–Trinajstić information content (AvgIpc) is 2.34. The van der Waals surface area contributed by atoms with Gasteiger partial charge in [0.2, 0.25) is 0 Å². The van der Waals surface area contributed by atoms with Crippen LogP contribution in [0.2, 0.25) is 0 Å². The first kappa shape index (κ1) is 18.0. The molecular formula is C12H26N2O5+2. The third-order valence-electron chi connectivity index (χ3n) is 2.80. The summed E-state index contributed by atoms with van der Waals surface area (Å²) < 4.78 is 5.28. The number of nitrogens with zero attached hydrogens (tertiary/aromatic N) is 2. The zero-order valence-corrected chi connectivity index (χ0v) is 11.7. The first-order valence-corrected chi connectivity index (χ1v) is 6.30. The van der Waals surface area contributed by atoms with Crippen LogP contribution < -0.4 is 0 Å². The fourth-order valence-electron chi connectivity index (χ4n) is 1.23. The normalized spacial score (nSPS) is 12.3. The summed E-state index contributed by atoms with van der Waals surface area (Å²) in [6.45, 7) is 11.1. The van der Waals surface area contributed by atoms with Crippen LogP contribution in [0.3, 0.4) is 0 Å². The van der Waals surface area contributed by atoms with Gasteiger partial charge in [-0.05, 0) is 23.5 Å². The van der Waals surface area contributed by atoms with Gasteiger partial charge in [0.05, 0.1) is 12.8 Å². The molecule has 0 atom stereocenters. The Bertz CT molecular complexity index is 285. The second-order valence-corrected chi connectivity index (χ2v) is 4.52. The molecule has 0 aliphatic carbocycles. The van der Waals surface area contributed by atoms with Gasteiger partial charge in [-0.15, -0.1) is 0 Å². The van der Waals surface area contributed by atoms with E-state index in [4.69, 9.17) is 4.74 Å². The van der Waals surface area contributed by atoms with Crippen LogP contribution in [-0.4, -0.2) is 56.6 Å². The SMILES string of the molecule is C=C(CC[N+](O)(O)CC)OC(=C)CC[N+](O)(O)CC. The number of hydroxylamine groups is 8. The monoisotopic (exact) mass is 278 g/mol. The highest BCUT2D eigenvalue weighted by Gasteiger charge is 2.22. The lowest BCUT2D eigenvalue weighted by molar-refractivity contribution is -1.24. The lowest BCUT2D eigenvalue weighted by Crippen LogP contribution is -2.42. The number of rotatable bonds is 10. The average molecular weight is 278 g/mol. The van der Waals surface area contributed by atoms with E-state index in [0.29, 0.717) is 11.5 Å². The van der Waals surface area contributed by atoms with E-state index in [1.165, 1.54) is 0 Å². The molecule has 0 aliphatic rings. The van der Waals surface area contributed by atoms with Gasteiger partial charge in [0.15, 0.2) is 0 Å². The van der Waals surface area contributed by atoms with Gasteiger partial charge in [0.25, 0.3) is 0 Å². The van der Waals surface area contributed by atoms with Crippen LogP contribution >= 0.6 is 0 Å². The second kappa shape index (κ2) is 7.59. The first-order valence-electron chi connectivity index (χ1n) is 6.30. The smallest absolute Gasteiger partial charge is 0.149 e. The lowest BCUT2D eigenvalue weighted by atomic mass is 10.3. The number of hydrogen-bond acceptors (Lipinski definition) is 5. The van der Waals surface area contributed by atoms with Crippen molar-refractivity contribution in [3.05, 3.63) is 24.7 Å². The zero-order valence-electron chi connectivity index (χ0n) is 11.7. The summed E-state index contributed by atoms with van der Waals surface area (Å²) in [5, 5.41) is 37.4. The summed E-state index contributed by atoms with van der Waals surface area (Å²) in [7, 11) is 0. The maximum Gasteiger partial charge on any atom is 0.149 e. The van der Waals surface area contributed by atoms with E-state index in [1.54, 1.807) is 13.8 Å². The first-order chi connectivity index (χ1) is 8.62. The summed E-state index contributed by atoms with van der Waals surface area (Å²) in [5.74, 6) is 0.712. The minimum absolute atomic E-state index is 0.0670. The van der Waals surface area contributed by atoms with Crippen molar-refractivity contribution in [3.8, 4) is 0 Å². The Balaban J connectivity index is 3.98. The molecule has 0 bridgehead atoms. The van der Waals surface area contributed by atoms with Crippen molar-refractivity contribution in [2.45, 2.75) is 26.7 Å². The molecule has 0 saturated heterocycles. The van der Waals surface area contributed by atoms with Crippen molar-refractivity contribution < 1.29 is 35.2 Å². The van der Waals surface area contributed by atoms with Gasteiger partial charge in [-0.1, -0.05) is 13.2 Å². The Morgan fingerprint density at radius 2 is 1.16 bits per heavy atom. The summed E-state index contributed by atoms with van der Waals surface area (Å²) in [4.78, 5) is -2.17. The predicted octanol–water partition coefficient (Wildman–Crippen LogP) is 2.04.